The van der Waals surface area contributed by atoms with Crippen LogP contribution in [0.15, 0.2) is 54.6 Å². The summed E-state index contributed by atoms with van der Waals surface area (Å²) in [6, 6.07) is 14.7. The van der Waals surface area contributed by atoms with Crippen LogP contribution in [0, 0.1) is 0 Å². The Morgan fingerprint density at radius 1 is 1.10 bits per heavy atom. The molecule has 0 aromatic heterocycles. The van der Waals surface area contributed by atoms with E-state index >= 15 is 0 Å². The lowest BCUT2D eigenvalue weighted by Crippen LogP contribution is -2.51. The lowest BCUT2D eigenvalue weighted by Gasteiger charge is -2.31. The van der Waals surface area contributed by atoms with Crippen LogP contribution in [0.3, 0.4) is 0 Å². The van der Waals surface area contributed by atoms with Crippen LogP contribution < -0.4 is 9.62 Å². The fourth-order valence-corrected chi connectivity index (χ4v) is 4.03. The molecule has 1 N–H and O–H groups in total. The van der Waals surface area contributed by atoms with E-state index in [-0.39, 0.29) is 18.1 Å². The number of nitrogens with zero attached hydrogens (tertiary/aromatic N) is 2. The number of benzene rings is 2. The molecule has 2 aromatic rings. The van der Waals surface area contributed by atoms with Crippen molar-refractivity contribution in [3.8, 4) is 0 Å². The molecule has 0 aliphatic heterocycles. The molecule has 9 heteroatoms. The molecule has 0 radical (unpaired) electrons. The number of amides is 2. The van der Waals surface area contributed by atoms with Crippen LogP contribution in [0.1, 0.15) is 25.8 Å². The summed E-state index contributed by atoms with van der Waals surface area (Å²) in [4.78, 5) is 27.3. The number of hydrogen-bond donors (Lipinski definition) is 1. The van der Waals surface area contributed by atoms with Gasteiger partial charge in [-0.15, -0.1) is 0 Å². The smallest absolute Gasteiger partial charge is 0.244 e. The average molecular weight is 466 g/mol. The van der Waals surface area contributed by atoms with E-state index in [1.165, 1.54) is 11.0 Å². The molecule has 2 aromatic carbocycles. The van der Waals surface area contributed by atoms with Crippen molar-refractivity contribution < 1.29 is 18.0 Å². The number of rotatable bonds is 10. The van der Waals surface area contributed by atoms with Gasteiger partial charge in [0.05, 0.1) is 11.9 Å². The van der Waals surface area contributed by atoms with Crippen molar-refractivity contribution in [2.45, 2.75) is 32.9 Å². The first-order valence-electron chi connectivity index (χ1n) is 9.98. The Morgan fingerprint density at radius 2 is 1.77 bits per heavy atom. The van der Waals surface area contributed by atoms with Crippen molar-refractivity contribution in [3.05, 3.63) is 65.2 Å². The van der Waals surface area contributed by atoms with Crippen LogP contribution in [0.5, 0.6) is 0 Å². The van der Waals surface area contributed by atoms with Crippen LogP contribution in [0.4, 0.5) is 5.69 Å². The van der Waals surface area contributed by atoms with Crippen molar-refractivity contribution in [2.24, 2.45) is 0 Å². The maximum absolute atomic E-state index is 13.3. The highest BCUT2D eigenvalue weighted by molar-refractivity contribution is 7.92. The van der Waals surface area contributed by atoms with Gasteiger partial charge in [0.25, 0.3) is 0 Å². The summed E-state index contributed by atoms with van der Waals surface area (Å²) in [6.45, 7) is 3.79. The fraction of sp³-hybridized carbons (Fsp3) is 0.364. The van der Waals surface area contributed by atoms with Crippen molar-refractivity contribution in [1.29, 1.82) is 0 Å². The van der Waals surface area contributed by atoms with E-state index in [1.807, 2.05) is 37.3 Å². The average Bonchev–Trinajstić information content (AvgIpc) is 2.73. The molecule has 0 fully saturated rings. The lowest BCUT2D eigenvalue weighted by molar-refractivity contribution is -0.139. The number of halogens is 1. The van der Waals surface area contributed by atoms with E-state index in [0.29, 0.717) is 11.6 Å². The van der Waals surface area contributed by atoms with Gasteiger partial charge >= 0.3 is 0 Å². The van der Waals surface area contributed by atoms with Crippen molar-refractivity contribution in [3.63, 3.8) is 0 Å². The van der Waals surface area contributed by atoms with E-state index in [1.54, 1.807) is 25.1 Å². The third kappa shape index (κ3) is 7.25. The highest BCUT2D eigenvalue weighted by atomic mass is 35.5. The lowest BCUT2D eigenvalue weighted by atomic mass is 10.1. The summed E-state index contributed by atoms with van der Waals surface area (Å²) in [5.41, 5.74) is 1.12. The standard InChI is InChI=1S/C22H28ClN3O4S/c1-4-13-24-22(28)17(2)25(15-18-9-6-5-7-10-18)21(27)16-26(31(3,29)30)20-12-8-11-19(23)14-20/h5-12,14,17H,4,13,15-16H2,1-3H3,(H,24,28). The number of hydrogen-bond acceptors (Lipinski definition) is 4. The first-order chi connectivity index (χ1) is 14.6. The van der Waals surface area contributed by atoms with Gasteiger partial charge in [0, 0.05) is 18.1 Å². The molecule has 0 heterocycles. The molecule has 2 rings (SSSR count). The minimum atomic E-state index is -3.77. The second kappa shape index (κ2) is 11.2. The van der Waals surface area contributed by atoms with Crippen LogP contribution in [0.2, 0.25) is 5.02 Å². The maximum Gasteiger partial charge on any atom is 0.244 e. The minimum absolute atomic E-state index is 0.174. The monoisotopic (exact) mass is 465 g/mol. The van der Waals surface area contributed by atoms with Crippen molar-refractivity contribution in [1.82, 2.24) is 10.2 Å². The summed E-state index contributed by atoms with van der Waals surface area (Å²) in [7, 11) is -3.77. The number of carbonyl (C=O) groups is 2. The second-order valence-corrected chi connectivity index (χ2v) is 9.57. The van der Waals surface area contributed by atoms with Crippen molar-refractivity contribution in [2.75, 3.05) is 23.7 Å². The van der Waals surface area contributed by atoms with Crippen LogP contribution >= 0.6 is 11.6 Å². The molecular weight excluding hydrogens is 438 g/mol. The molecule has 2 amide bonds. The SMILES string of the molecule is CCCNC(=O)C(C)N(Cc1ccccc1)C(=O)CN(c1cccc(Cl)c1)S(C)(=O)=O. The Morgan fingerprint density at radius 3 is 2.35 bits per heavy atom. The summed E-state index contributed by atoms with van der Waals surface area (Å²) in [5, 5.41) is 3.15. The third-order valence-electron chi connectivity index (χ3n) is 4.69. The second-order valence-electron chi connectivity index (χ2n) is 7.22. The molecule has 0 aliphatic carbocycles. The van der Waals surface area contributed by atoms with E-state index in [4.69, 9.17) is 11.6 Å². The van der Waals surface area contributed by atoms with Crippen molar-refractivity contribution >= 4 is 39.1 Å². The van der Waals surface area contributed by atoms with Gasteiger partial charge in [0.1, 0.15) is 12.6 Å². The topological polar surface area (TPSA) is 86.8 Å². The molecular formula is C22H28ClN3O4S. The number of carbonyl (C=O) groups excluding carboxylic acids is 2. The van der Waals surface area contributed by atoms with Gasteiger partial charge in [0.15, 0.2) is 0 Å². The number of sulfonamides is 1. The first kappa shape index (κ1) is 24.7. The number of nitrogens with one attached hydrogen (secondary N) is 1. The highest BCUT2D eigenvalue weighted by Crippen LogP contribution is 2.22. The van der Waals surface area contributed by atoms with Gasteiger partial charge in [-0.25, -0.2) is 8.42 Å². The molecule has 7 nitrogen and oxygen atoms in total. The van der Waals surface area contributed by atoms with Crippen LogP contribution in [0.25, 0.3) is 0 Å². The normalized spacial score (nSPS) is 12.1. The zero-order valence-electron chi connectivity index (χ0n) is 17.9. The van der Waals surface area contributed by atoms with Gasteiger partial charge < -0.3 is 10.2 Å². The zero-order chi connectivity index (χ0) is 23.0. The molecule has 1 atom stereocenters. The molecule has 168 valence electrons. The first-order valence-corrected chi connectivity index (χ1v) is 12.2. The Balaban J connectivity index is 2.34. The molecule has 1 unspecified atom stereocenters. The van der Waals surface area contributed by atoms with Crippen LogP contribution in [-0.4, -0.2) is 50.5 Å². The number of anilines is 1. The Kier molecular flexibility index (Phi) is 8.88. The minimum Gasteiger partial charge on any atom is -0.354 e. The van der Waals surface area contributed by atoms with E-state index in [9.17, 15) is 18.0 Å². The van der Waals surface area contributed by atoms with E-state index in [0.717, 1.165) is 22.5 Å². The summed E-state index contributed by atoms with van der Waals surface area (Å²) < 4.78 is 25.9. The Hall–Kier alpha value is -2.58. The fourth-order valence-electron chi connectivity index (χ4n) is 3.00. The van der Waals surface area contributed by atoms with E-state index < -0.39 is 28.5 Å². The highest BCUT2D eigenvalue weighted by Gasteiger charge is 2.29. The summed E-state index contributed by atoms with van der Waals surface area (Å²) in [5.74, 6) is -0.784. The quantitative estimate of drug-likeness (QED) is 0.584. The largest absolute Gasteiger partial charge is 0.354 e. The molecule has 0 aliphatic rings. The van der Waals surface area contributed by atoms with Gasteiger partial charge in [-0.3, -0.25) is 13.9 Å². The van der Waals surface area contributed by atoms with Gasteiger partial charge in [-0.05, 0) is 37.1 Å². The third-order valence-corrected chi connectivity index (χ3v) is 6.06. The molecule has 0 saturated heterocycles. The van der Waals surface area contributed by atoms with Gasteiger partial charge in [-0.1, -0.05) is 54.9 Å². The molecule has 0 bridgehead atoms. The zero-order valence-corrected chi connectivity index (χ0v) is 19.5. The van der Waals surface area contributed by atoms with E-state index in [2.05, 4.69) is 5.32 Å². The molecule has 31 heavy (non-hydrogen) atoms. The predicted octanol–water partition coefficient (Wildman–Crippen LogP) is 3.05. The molecule has 0 saturated carbocycles. The Bertz CT molecular complexity index is 999. The van der Waals surface area contributed by atoms with Gasteiger partial charge in [0.2, 0.25) is 21.8 Å². The summed E-state index contributed by atoms with van der Waals surface area (Å²) in [6.07, 6.45) is 1.79. The Labute approximate surface area is 189 Å². The maximum atomic E-state index is 13.3. The van der Waals surface area contributed by atoms with Crippen LogP contribution in [-0.2, 0) is 26.2 Å². The summed E-state index contributed by atoms with van der Waals surface area (Å²) >= 11 is 6.02. The van der Waals surface area contributed by atoms with Gasteiger partial charge in [-0.2, -0.15) is 0 Å². The predicted molar refractivity (Wildman–Crippen MR) is 123 cm³/mol. The molecule has 0 spiro atoms.